The van der Waals surface area contributed by atoms with E-state index in [1.54, 1.807) is 0 Å². The van der Waals surface area contributed by atoms with Crippen LogP contribution in [-0.2, 0) is 6.42 Å². The lowest BCUT2D eigenvalue weighted by Crippen LogP contribution is -2.15. The topological polar surface area (TPSA) is 23.8 Å². The van der Waals surface area contributed by atoms with Crippen LogP contribution in [0.3, 0.4) is 0 Å². The zero-order valence-corrected chi connectivity index (χ0v) is 6.46. The molecule has 0 aliphatic heterocycles. The van der Waals surface area contributed by atoms with Gasteiger partial charge in [-0.3, -0.25) is 0 Å². The third-order valence-electron chi connectivity index (χ3n) is 2.25. The van der Waals surface area contributed by atoms with Gasteiger partial charge in [-0.2, -0.15) is 5.26 Å². The standard InChI is InChI=1S/C10H9N/c1-7-2-3-10-8(4-7)5-9(10)6-11/h2-4,9H,5H2,1H3. The first-order valence-electron chi connectivity index (χ1n) is 3.80. The van der Waals surface area contributed by atoms with Crippen LogP contribution in [0.25, 0.3) is 0 Å². The number of fused-ring (bicyclic) bond motifs is 1. The van der Waals surface area contributed by atoms with Crippen molar-refractivity contribution >= 4 is 0 Å². The van der Waals surface area contributed by atoms with Crippen molar-refractivity contribution in [2.24, 2.45) is 0 Å². The molecule has 11 heavy (non-hydrogen) atoms. The van der Waals surface area contributed by atoms with Crippen LogP contribution in [0.15, 0.2) is 18.2 Å². The molecule has 0 fully saturated rings. The molecule has 1 atom stereocenters. The van der Waals surface area contributed by atoms with Crippen molar-refractivity contribution in [1.82, 2.24) is 0 Å². The molecule has 0 spiro atoms. The minimum atomic E-state index is 0.172. The molecule has 0 aromatic heterocycles. The van der Waals surface area contributed by atoms with Gasteiger partial charge in [0.2, 0.25) is 0 Å². The lowest BCUT2D eigenvalue weighted by molar-refractivity contribution is 0.743. The van der Waals surface area contributed by atoms with Gasteiger partial charge in [0.1, 0.15) is 0 Å². The lowest BCUT2D eigenvalue weighted by Gasteiger charge is -2.24. The summed E-state index contributed by atoms with van der Waals surface area (Å²) in [4.78, 5) is 0. The molecule has 1 aromatic carbocycles. The normalized spacial score (nSPS) is 19.8. The van der Waals surface area contributed by atoms with E-state index in [-0.39, 0.29) is 5.92 Å². The Kier molecular flexibility index (Phi) is 1.22. The van der Waals surface area contributed by atoms with Gasteiger partial charge in [0.05, 0.1) is 12.0 Å². The second-order valence-corrected chi connectivity index (χ2v) is 3.09. The molecular formula is C10H9N. The van der Waals surface area contributed by atoms with Crippen LogP contribution < -0.4 is 0 Å². The van der Waals surface area contributed by atoms with E-state index in [1.165, 1.54) is 16.7 Å². The maximum Gasteiger partial charge on any atom is 0.0755 e. The third kappa shape index (κ3) is 0.832. The van der Waals surface area contributed by atoms with Crippen LogP contribution in [0.4, 0.5) is 0 Å². The predicted molar refractivity (Wildman–Crippen MR) is 43.2 cm³/mol. The second-order valence-electron chi connectivity index (χ2n) is 3.09. The molecule has 0 saturated carbocycles. The Hall–Kier alpha value is -1.29. The van der Waals surface area contributed by atoms with Gasteiger partial charge in [-0.15, -0.1) is 0 Å². The van der Waals surface area contributed by atoms with Gasteiger partial charge >= 0.3 is 0 Å². The first-order valence-corrected chi connectivity index (χ1v) is 3.80. The molecule has 0 radical (unpaired) electrons. The Morgan fingerprint density at radius 3 is 3.00 bits per heavy atom. The van der Waals surface area contributed by atoms with E-state index in [9.17, 15) is 0 Å². The first kappa shape index (κ1) is 6.42. The highest BCUT2D eigenvalue weighted by Gasteiger charge is 2.24. The molecule has 0 amide bonds. The van der Waals surface area contributed by atoms with Gasteiger partial charge in [-0.25, -0.2) is 0 Å². The van der Waals surface area contributed by atoms with Crippen molar-refractivity contribution in [2.45, 2.75) is 19.3 Å². The molecule has 1 aromatic rings. The van der Waals surface area contributed by atoms with E-state index in [2.05, 4.69) is 31.2 Å². The molecule has 1 aliphatic rings. The van der Waals surface area contributed by atoms with Crippen LogP contribution in [0, 0.1) is 18.3 Å². The smallest absolute Gasteiger partial charge is 0.0755 e. The minimum absolute atomic E-state index is 0.172. The Bertz CT molecular complexity index is 333. The fraction of sp³-hybridized carbons (Fsp3) is 0.300. The van der Waals surface area contributed by atoms with Gasteiger partial charge < -0.3 is 0 Å². The summed E-state index contributed by atoms with van der Waals surface area (Å²) in [6.07, 6.45) is 0.952. The summed E-state index contributed by atoms with van der Waals surface area (Å²) in [7, 11) is 0. The number of nitrogens with zero attached hydrogens (tertiary/aromatic N) is 1. The van der Waals surface area contributed by atoms with E-state index in [1.807, 2.05) is 0 Å². The highest BCUT2D eigenvalue weighted by molar-refractivity contribution is 5.45. The van der Waals surface area contributed by atoms with Gasteiger partial charge in [-0.05, 0) is 24.5 Å². The SMILES string of the molecule is Cc1ccc2c(c1)CC2C#N. The van der Waals surface area contributed by atoms with Gasteiger partial charge in [0, 0.05) is 0 Å². The summed E-state index contributed by atoms with van der Waals surface area (Å²) >= 11 is 0. The molecule has 0 saturated heterocycles. The maximum atomic E-state index is 8.65. The van der Waals surface area contributed by atoms with Gasteiger partial charge in [0.25, 0.3) is 0 Å². The Morgan fingerprint density at radius 1 is 1.55 bits per heavy atom. The van der Waals surface area contributed by atoms with E-state index in [0.29, 0.717) is 0 Å². The predicted octanol–water partition coefficient (Wildman–Crippen LogP) is 2.16. The van der Waals surface area contributed by atoms with Crippen LogP contribution in [0.5, 0.6) is 0 Å². The van der Waals surface area contributed by atoms with Crippen molar-refractivity contribution in [3.05, 3.63) is 34.9 Å². The van der Waals surface area contributed by atoms with Crippen LogP contribution >= 0.6 is 0 Å². The molecule has 2 rings (SSSR count). The summed E-state index contributed by atoms with van der Waals surface area (Å²) in [5.41, 5.74) is 3.88. The molecular weight excluding hydrogens is 134 g/mol. The molecule has 1 nitrogen and oxygen atoms in total. The highest BCUT2D eigenvalue weighted by Crippen LogP contribution is 2.34. The average Bonchev–Trinajstić information content (AvgIpc) is 1.95. The van der Waals surface area contributed by atoms with Crippen molar-refractivity contribution < 1.29 is 0 Å². The molecule has 1 unspecified atom stereocenters. The largest absolute Gasteiger partial charge is 0.198 e. The molecule has 0 N–H and O–H groups in total. The van der Waals surface area contributed by atoms with E-state index in [4.69, 9.17) is 5.26 Å². The monoisotopic (exact) mass is 143 g/mol. The summed E-state index contributed by atoms with van der Waals surface area (Å²) < 4.78 is 0. The average molecular weight is 143 g/mol. The van der Waals surface area contributed by atoms with Crippen LogP contribution in [-0.4, -0.2) is 0 Å². The molecule has 54 valence electrons. The number of hydrogen-bond donors (Lipinski definition) is 0. The zero-order valence-electron chi connectivity index (χ0n) is 6.46. The summed E-state index contributed by atoms with van der Waals surface area (Å²) in [6, 6.07) is 8.59. The summed E-state index contributed by atoms with van der Waals surface area (Å²) in [5, 5.41) is 8.65. The Balaban J connectivity index is 2.44. The summed E-state index contributed by atoms with van der Waals surface area (Å²) in [5.74, 6) is 0.172. The fourth-order valence-electron chi connectivity index (χ4n) is 1.57. The van der Waals surface area contributed by atoms with Crippen molar-refractivity contribution in [2.75, 3.05) is 0 Å². The number of hydrogen-bond acceptors (Lipinski definition) is 1. The van der Waals surface area contributed by atoms with E-state index < -0.39 is 0 Å². The fourth-order valence-corrected chi connectivity index (χ4v) is 1.57. The van der Waals surface area contributed by atoms with Crippen molar-refractivity contribution in [1.29, 1.82) is 5.26 Å². The van der Waals surface area contributed by atoms with Gasteiger partial charge in [0.15, 0.2) is 0 Å². The van der Waals surface area contributed by atoms with Crippen LogP contribution in [0.2, 0.25) is 0 Å². The van der Waals surface area contributed by atoms with E-state index in [0.717, 1.165) is 6.42 Å². The number of benzene rings is 1. The maximum absolute atomic E-state index is 8.65. The number of nitriles is 1. The Labute approximate surface area is 66.3 Å². The highest BCUT2D eigenvalue weighted by atomic mass is 14.3. The number of rotatable bonds is 0. The van der Waals surface area contributed by atoms with Crippen LogP contribution in [0.1, 0.15) is 22.6 Å². The molecule has 0 bridgehead atoms. The minimum Gasteiger partial charge on any atom is -0.198 e. The quantitative estimate of drug-likeness (QED) is 0.546. The van der Waals surface area contributed by atoms with E-state index >= 15 is 0 Å². The van der Waals surface area contributed by atoms with Crippen molar-refractivity contribution in [3.8, 4) is 6.07 Å². The molecule has 1 aliphatic carbocycles. The zero-order chi connectivity index (χ0) is 7.84. The number of aryl methyl sites for hydroxylation is 1. The van der Waals surface area contributed by atoms with Gasteiger partial charge in [-0.1, -0.05) is 23.8 Å². The van der Waals surface area contributed by atoms with Crippen molar-refractivity contribution in [3.63, 3.8) is 0 Å². The summed E-state index contributed by atoms with van der Waals surface area (Å²) in [6.45, 7) is 2.08. The third-order valence-corrected chi connectivity index (χ3v) is 2.25. The molecule has 0 heterocycles. The molecule has 1 heteroatoms. The first-order chi connectivity index (χ1) is 5.31. The Morgan fingerprint density at radius 2 is 2.36 bits per heavy atom. The lowest BCUT2D eigenvalue weighted by atomic mass is 9.78. The second kappa shape index (κ2) is 2.10.